The number of alkyl halides is 5. The summed E-state index contributed by atoms with van der Waals surface area (Å²) in [5, 5.41) is 7.21. The van der Waals surface area contributed by atoms with Gasteiger partial charge in [0.05, 0.1) is 6.21 Å². The van der Waals surface area contributed by atoms with E-state index in [9.17, 15) is 22.0 Å². The molecule has 0 spiro atoms. The largest absolute Gasteiger partial charge is 0.458 e. The van der Waals surface area contributed by atoms with Gasteiger partial charge in [-0.3, -0.25) is 0 Å². The van der Waals surface area contributed by atoms with Crippen molar-refractivity contribution in [1.82, 2.24) is 0 Å². The summed E-state index contributed by atoms with van der Waals surface area (Å²) >= 11 is 1.16. The molecule has 9 heteroatoms. The summed E-state index contributed by atoms with van der Waals surface area (Å²) in [5.41, 5.74) is 5.06. The normalized spacial score (nSPS) is 13.3. The van der Waals surface area contributed by atoms with Crippen molar-refractivity contribution in [2.24, 2.45) is 15.9 Å². The van der Waals surface area contributed by atoms with E-state index in [1.54, 1.807) is 0 Å². The third-order valence-electron chi connectivity index (χ3n) is 3.24. The Balaban J connectivity index is 2.11. The molecule has 138 valence electrons. The van der Waals surface area contributed by atoms with E-state index in [-0.39, 0.29) is 10.7 Å². The summed E-state index contributed by atoms with van der Waals surface area (Å²) in [6.07, 6.45) is -4.88. The quantitative estimate of drug-likeness (QED) is 0.343. The number of amidine groups is 1. The molecular weight excluding hydrogens is 373 g/mol. The number of nitrogens with zero attached hydrogens (tertiary/aromatic N) is 2. The first-order chi connectivity index (χ1) is 12.2. The van der Waals surface area contributed by atoms with Crippen LogP contribution in [-0.2, 0) is 11.7 Å². The molecule has 3 nitrogen and oxygen atoms in total. The van der Waals surface area contributed by atoms with Crippen LogP contribution in [0.5, 0.6) is 0 Å². The fraction of sp³-hybridized carbons (Fsp3) is 0.176. The van der Waals surface area contributed by atoms with Crippen LogP contribution in [-0.4, -0.2) is 17.6 Å². The minimum absolute atomic E-state index is 0.0603. The van der Waals surface area contributed by atoms with E-state index in [2.05, 4.69) is 10.2 Å². The maximum absolute atomic E-state index is 13.6. The summed E-state index contributed by atoms with van der Waals surface area (Å²) in [6, 6.07) is 13.6. The highest BCUT2D eigenvalue weighted by Crippen LogP contribution is 2.44. The van der Waals surface area contributed by atoms with Gasteiger partial charge in [0.15, 0.2) is 5.17 Å². The maximum atomic E-state index is 13.6. The van der Waals surface area contributed by atoms with Gasteiger partial charge in [0, 0.05) is 16.9 Å². The summed E-state index contributed by atoms with van der Waals surface area (Å²) in [6.45, 7) is 0. The second-order valence-corrected chi connectivity index (χ2v) is 6.11. The average Bonchev–Trinajstić information content (AvgIpc) is 2.60. The van der Waals surface area contributed by atoms with Gasteiger partial charge in [-0.15, -0.1) is 5.10 Å². The number of hydrogen-bond acceptors (Lipinski definition) is 3. The van der Waals surface area contributed by atoms with Gasteiger partial charge in [-0.1, -0.05) is 66.4 Å². The molecule has 2 rings (SSSR count). The average molecular weight is 387 g/mol. The van der Waals surface area contributed by atoms with E-state index in [1.165, 1.54) is 6.07 Å². The lowest BCUT2D eigenvalue weighted by molar-refractivity contribution is -0.289. The van der Waals surface area contributed by atoms with Crippen LogP contribution < -0.4 is 5.73 Å². The Bertz CT molecular complexity index is 788. The molecule has 0 aromatic heterocycles. The number of nitrogens with two attached hydrogens (primary N) is 1. The lowest BCUT2D eigenvalue weighted by Gasteiger charge is -2.21. The molecule has 0 aliphatic carbocycles. The lowest BCUT2D eigenvalue weighted by atomic mass is 10.0. The standard InChI is InChI=1S/C17H14F5N3S/c18-16(19,17(20,21)22)14-9-5-4-8-13(14)10-24-25-15(23)26-11-12-6-2-1-3-7-12/h1-10H,11H2,(H2,23,25). The number of benzene rings is 2. The van der Waals surface area contributed by atoms with Crippen molar-refractivity contribution in [1.29, 1.82) is 0 Å². The Morgan fingerprint density at radius 3 is 2.23 bits per heavy atom. The van der Waals surface area contributed by atoms with Crippen molar-refractivity contribution < 1.29 is 22.0 Å². The van der Waals surface area contributed by atoms with Crippen LogP contribution in [0.15, 0.2) is 64.8 Å². The van der Waals surface area contributed by atoms with Crippen LogP contribution >= 0.6 is 11.8 Å². The summed E-state index contributed by atoms with van der Waals surface area (Å²) < 4.78 is 64.8. The van der Waals surface area contributed by atoms with Gasteiger partial charge in [0.25, 0.3) is 0 Å². The Hall–Kier alpha value is -2.42. The van der Waals surface area contributed by atoms with Gasteiger partial charge in [-0.05, 0) is 5.56 Å². The summed E-state index contributed by atoms with van der Waals surface area (Å²) in [5.74, 6) is -4.47. The van der Waals surface area contributed by atoms with Crippen LogP contribution in [0.25, 0.3) is 0 Å². The second-order valence-electron chi connectivity index (χ2n) is 5.12. The highest BCUT2D eigenvalue weighted by Gasteiger charge is 2.59. The smallest absolute Gasteiger partial charge is 0.377 e. The summed E-state index contributed by atoms with van der Waals surface area (Å²) in [7, 11) is 0. The van der Waals surface area contributed by atoms with Gasteiger partial charge in [-0.25, -0.2) is 0 Å². The molecule has 0 saturated heterocycles. The van der Waals surface area contributed by atoms with Gasteiger partial charge >= 0.3 is 12.1 Å². The van der Waals surface area contributed by atoms with Crippen molar-refractivity contribution in [2.75, 3.05) is 0 Å². The van der Waals surface area contributed by atoms with Crippen LogP contribution in [0.4, 0.5) is 22.0 Å². The molecule has 2 aromatic rings. The van der Waals surface area contributed by atoms with Crippen LogP contribution in [0.2, 0.25) is 0 Å². The van der Waals surface area contributed by atoms with Crippen molar-refractivity contribution in [3.63, 3.8) is 0 Å². The zero-order valence-corrected chi connectivity index (χ0v) is 14.1. The van der Waals surface area contributed by atoms with E-state index >= 15 is 0 Å². The fourth-order valence-electron chi connectivity index (χ4n) is 1.96. The zero-order chi connectivity index (χ0) is 19.2. The molecule has 0 aliphatic heterocycles. The minimum atomic E-state index is -5.70. The van der Waals surface area contributed by atoms with Gasteiger partial charge < -0.3 is 5.73 Å². The maximum Gasteiger partial charge on any atom is 0.458 e. The van der Waals surface area contributed by atoms with E-state index in [1.807, 2.05) is 30.3 Å². The van der Waals surface area contributed by atoms with Crippen LogP contribution in [0, 0.1) is 0 Å². The monoisotopic (exact) mass is 387 g/mol. The van der Waals surface area contributed by atoms with E-state index in [0.717, 1.165) is 35.7 Å². The van der Waals surface area contributed by atoms with Crippen LogP contribution in [0.3, 0.4) is 0 Å². The van der Waals surface area contributed by atoms with E-state index in [0.29, 0.717) is 11.8 Å². The highest BCUT2D eigenvalue weighted by molar-refractivity contribution is 8.13. The Kier molecular flexibility index (Phi) is 6.36. The van der Waals surface area contributed by atoms with Gasteiger partial charge in [-0.2, -0.15) is 27.1 Å². The van der Waals surface area contributed by atoms with Crippen molar-refractivity contribution in [3.8, 4) is 0 Å². The highest BCUT2D eigenvalue weighted by atomic mass is 32.2. The van der Waals surface area contributed by atoms with E-state index < -0.39 is 17.7 Å². The van der Waals surface area contributed by atoms with Gasteiger partial charge in [0.1, 0.15) is 0 Å². The SMILES string of the molecule is NC(=NN=Cc1ccccc1C(F)(F)C(F)(F)F)SCc1ccccc1. The molecule has 0 unspecified atom stereocenters. The number of hydrogen-bond donors (Lipinski definition) is 1. The van der Waals surface area contributed by atoms with Crippen molar-refractivity contribution in [3.05, 3.63) is 71.3 Å². The third kappa shape index (κ3) is 5.04. The van der Waals surface area contributed by atoms with Gasteiger partial charge in [0.2, 0.25) is 0 Å². The number of halogens is 5. The second kappa shape index (κ2) is 8.31. The molecule has 0 saturated carbocycles. The topological polar surface area (TPSA) is 50.7 Å². The first-order valence-electron chi connectivity index (χ1n) is 7.29. The molecule has 2 N–H and O–H groups in total. The first-order valence-corrected chi connectivity index (χ1v) is 8.27. The molecule has 0 aliphatic rings. The molecule has 0 fully saturated rings. The molecule has 0 heterocycles. The Labute approximate surface area is 150 Å². The predicted molar refractivity (Wildman–Crippen MR) is 93.3 cm³/mol. The molecule has 0 bridgehead atoms. The molecule has 26 heavy (non-hydrogen) atoms. The van der Waals surface area contributed by atoms with Crippen LogP contribution in [0.1, 0.15) is 16.7 Å². The number of thioether (sulfide) groups is 1. The predicted octanol–water partition coefficient (Wildman–Crippen LogP) is 4.92. The molecule has 0 amide bonds. The zero-order valence-electron chi connectivity index (χ0n) is 13.3. The first kappa shape index (κ1) is 19.9. The molecule has 0 atom stereocenters. The Morgan fingerprint density at radius 1 is 0.962 bits per heavy atom. The fourth-order valence-corrected chi connectivity index (χ4v) is 2.57. The van der Waals surface area contributed by atoms with Crippen molar-refractivity contribution >= 4 is 23.1 Å². The minimum Gasteiger partial charge on any atom is -0.377 e. The molecule has 2 aromatic carbocycles. The van der Waals surface area contributed by atoms with Crippen molar-refractivity contribution in [2.45, 2.75) is 17.9 Å². The lowest BCUT2D eigenvalue weighted by Crippen LogP contribution is -2.34. The number of rotatable bonds is 5. The summed E-state index contributed by atoms with van der Waals surface area (Å²) in [4.78, 5) is 0. The third-order valence-corrected chi connectivity index (χ3v) is 4.09. The molecule has 0 radical (unpaired) electrons. The van der Waals surface area contributed by atoms with E-state index in [4.69, 9.17) is 5.73 Å². The molecular formula is C17H14F5N3S. The Morgan fingerprint density at radius 2 is 1.58 bits per heavy atom.